The molecule has 1 atom stereocenters. The predicted molar refractivity (Wildman–Crippen MR) is 71.8 cm³/mol. The lowest BCUT2D eigenvalue weighted by Gasteiger charge is -2.26. The van der Waals surface area contributed by atoms with E-state index < -0.39 is 0 Å². The van der Waals surface area contributed by atoms with E-state index in [0.717, 1.165) is 24.1 Å². The van der Waals surface area contributed by atoms with E-state index in [2.05, 4.69) is 19.2 Å². The summed E-state index contributed by atoms with van der Waals surface area (Å²) < 4.78 is 0. The van der Waals surface area contributed by atoms with Gasteiger partial charge < -0.3 is 10.4 Å². The molecule has 1 aliphatic heterocycles. The maximum absolute atomic E-state index is 10.3. The van der Waals surface area contributed by atoms with Crippen molar-refractivity contribution < 1.29 is 5.11 Å². The first-order valence-electron chi connectivity index (χ1n) is 6.35. The molecule has 0 bridgehead atoms. The second kappa shape index (κ2) is 5.28. The topological polar surface area (TPSA) is 32.3 Å². The quantitative estimate of drug-likeness (QED) is 0.836. The zero-order valence-electron chi connectivity index (χ0n) is 10.5. The largest absolute Gasteiger partial charge is 0.507 e. The van der Waals surface area contributed by atoms with Crippen molar-refractivity contribution in [3.05, 3.63) is 28.3 Å². The van der Waals surface area contributed by atoms with Crippen LogP contribution in [0.15, 0.2) is 12.1 Å². The van der Waals surface area contributed by atoms with Gasteiger partial charge in [0.05, 0.1) is 0 Å². The third-order valence-electron chi connectivity index (χ3n) is 3.44. The molecule has 1 unspecified atom stereocenters. The molecular weight excluding hydrogens is 234 g/mol. The van der Waals surface area contributed by atoms with E-state index in [4.69, 9.17) is 11.6 Å². The minimum atomic E-state index is 0.250. The van der Waals surface area contributed by atoms with Crippen LogP contribution in [0, 0.1) is 0 Å². The number of nitrogens with one attached hydrogen (secondary N) is 1. The summed E-state index contributed by atoms with van der Waals surface area (Å²) >= 11 is 6.15. The molecule has 17 heavy (non-hydrogen) atoms. The van der Waals surface area contributed by atoms with Gasteiger partial charge in [-0.1, -0.05) is 31.9 Å². The normalized spacial score (nSPS) is 20.8. The third-order valence-corrected chi connectivity index (χ3v) is 3.66. The van der Waals surface area contributed by atoms with E-state index in [0.29, 0.717) is 10.8 Å². The fourth-order valence-corrected chi connectivity index (χ4v) is 2.70. The average Bonchev–Trinajstić information content (AvgIpc) is 2.32. The number of halogens is 1. The molecule has 0 amide bonds. The highest BCUT2D eigenvalue weighted by atomic mass is 35.5. The molecule has 1 fully saturated rings. The van der Waals surface area contributed by atoms with E-state index in [1.165, 1.54) is 12.8 Å². The smallest absolute Gasteiger partial charge is 0.123 e. The molecule has 1 aromatic rings. The predicted octanol–water partition coefficient (Wildman–Crippen LogP) is 3.98. The second-order valence-corrected chi connectivity index (χ2v) is 5.53. The highest BCUT2D eigenvalue weighted by molar-refractivity contribution is 6.30. The molecule has 94 valence electrons. The lowest BCUT2D eigenvalue weighted by Crippen LogP contribution is -2.27. The lowest BCUT2D eigenvalue weighted by molar-refractivity contribution is 0.388. The van der Waals surface area contributed by atoms with E-state index >= 15 is 0 Å². The highest BCUT2D eigenvalue weighted by Gasteiger charge is 2.21. The Balaban J connectivity index is 2.38. The molecule has 1 heterocycles. The van der Waals surface area contributed by atoms with Crippen molar-refractivity contribution in [3.63, 3.8) is 0 Å². The summed E-state index contributed by atoms with van der Waals surface area (Å²) in [5.41, 5.74) is 1.90. The number of aromatic hydroxyl groups is 1. The summed E-state index contributed by atoms with van der Waals surface area (Å²) in [6.07, 6.45) is 3.50. The molecule has 2 N–H and O–H groups in total. The number of phenols is 1. The van der Waals surface area contributed by atoms with Crippen LogP contribution < -0.4 is 5.32 Å². The van der Waals surface area contributed by atoms with Gasteiger partial charge in [-0.2, -0.15) is 0 Å². The Kier molecular flexibility index (Phi) is 3.95. The standard InChI is InChI=1S/C14H20ClNO/c1-9(2)11-7-10(15)8-12(14(11)17)13-5-3-4-6-16-13/h7-9,13,16-17H,3-6H2,1-2H3. The number of phenolic OH excluding ortho intramolecular Hbond substituents is 1. The van der Waals surface area contributed by atoms with Gasteiger partial charge in [-0.25, -0.2) is 0 Å². The van der Waals surface area contributed by atoms with Crippen LogP contribution in [0.4, 0.5) is 0 Å². The number of piperidine rings is 1. The highest BCUT2D eigenvalue weighted by Crippen LogP contribution is 2.37. The first kappa shape index (κ1) is 12.7. The molecule has 0 aromatic heterocycles. The number of hydrogen-bond acceptors (Lipinski definition) is 2. The molecule has 0 radical (unpaired) electrons. The summed E-state index contributed by atoms with van der Waals surface area (Å²) in [5.74, 6) is 0.708. The van der Waals surface area contributed by atoms with Gasteiger partial charge in [-0.15, -0.1) is 0 Å². The van der Waals surface area contributed by atoms with Gasteiger partial charge in [0.15, 0.2) is 0 Å². The summed E-state index contributed by atoms with van der Waals surface area (Å²) in [6.45, 7) is 5.17. The Labute approximate surface area is 108 Å². The Bertz CT molecular complexity index is 397. The molecule has 0 aliphatic carbocycles. The Hall–Kier alpha value is -0.730. The van der Waals surface area contributed by atoms with Crippen LogP contribution in [0.25, 0.3) is 0 Å². The van der Waals surface area contributed by atoms with Crippen LogP contribution in [0.3, 0.4) is 0 Å². The van der Waals surface area contributed by atoms with E-state index in [1.807, 2.05) is 12.1 Å². The summed E-state index contributed by atoms with van der Waals surface area (Å²) in [4.78, 5) is 0. The monoisotopic (exact) mass is 253 g/mol. The third kappa shape index (κ3) is 2.75. The summed E-state index contributed by atoms with van der Waals surface area (Å²) in [7, 11) is 0. The van der Waals surface area contributed by atoms with Crippen molar-refractivity contribution in [1.82, 2.24) is 5.32 Å². The maximum atomic E-state index is 10.3. The molecule has 1 saturated heterocycles. The van der Waals surface area contributed by atoms with Crippen LogP contribution in [0.5, 0.6) is 5.75 Å². The minimum absolute atomic E-state index is 0.250. The summed E-state index contributed by atoms with van der Waals surface area (Å²) in [6, 6.07) is 4.01. The minimum Gasteiger partial charge on any atom is -0.507 e. The molecular formula is C14H20ClNO. The fourth-order valence-electron chi connectivity index (χ4n) is 2.47. The zero-order valence-corrected chi connectivity index (χ0v) is 11.2. The fraction of sp³-hybridized carbons (Fsp3) is 0.571. The van der Waals surface area contributed by atoms with Gasteiger partial charge in [0, 0.05) is 16.6 Å². The van der Waals surface area contributed by atoms with Crippen LogP contribution in [0.1, 0.15) is 56.2 Å². The first-order chi connectivity index (χ1) is 8.09. The van der Waals surface area contributed by atoms with Gasteiger partial charge in [0.2, 0.25) is 0 Å². The number of hydrogen-bond donors (Lipinski definition) is 2. The number of rotatable bonds is 2. The molecule has 2 rings (SSSR count). The average molecular weight is 254 g/mol. The van der Waals surface area contributed by atoms with Crippen LogP contribution in [-0.4, -0.2) is 11.7 Å². The van der Waals surface area contributed by atoms with Gasteiger partial charge in [0.1, 0.15) is 5.75 Å². The van der Waals surface area contributed by atoms with Crippen molar-refractivity contribution in [1.29, 1.82) is 0 Å². The van der Waals surface area contributed by atoms with Crippen LogP contribution in [0.2, 0.25) is 5.02 Å². The van der Waals surface area contributed by atoms with Crippen molar-refractivity contribution >= 4 is 11.6 Å². The molecule has 0 saturated carbocycles. The molecule has 3 heteroatoms. The first-order valence-corrected chi connectivity index (χ1v) is 6.73. The summed E-state index contributed by atoms with van der Waals surface area (Å²) in [5, 5.41) is 14.5. The van der Waals surface area contributed by atoms with Gasteiger partial charge in [-0.3, -0.25) is 0 Å². The van der Waals surface area contributed by atoms with E-state index in [1.54, 1.807) is 0 Å². The van der Waals surface area contributed by atoms with Crippen LogP contribution in [-0.2, 0) is 0 Å². The van der Waals surface area contributed by atoms with Gasteiger partial charge in [0.25, 0.3) is 0 Å². The maximum Gasteiger partial charge on any atom is 0.123 e. The SMILES string of the molecule is CC(C)c1cc(Cl)cc(C2CCCCN2)c1O. The lowest BCUT2D eigenvalue weighted by atomic mass is 9.92. The molecule has 2 nitrogen and oxygen atoms in total. The zero-order chi connectivity index (χ0) is 12.4. The Morgan fingerprint density at radius 3 is 2.71 bits per heavy atom. The van der Waals surface area contributed by atoms with Crippen molar-refractivity contribution in [2.45, 2.75) is 45.1 Å². The number of benzene rings is 1. The second-order valence-electron chi connectivity index (χ2n) is 5.09. The molecule has 0 spiro atoms. The van der Waals surface area contributed by atoms with E-state index in [-0.39, 0.29) is 12.0 Å². The van der Waals surface area contributed by atoms with Crippen molar-refractivity contribution in [3.8, 4) is 5.75 Å². The Morgan fingerprint density at radius 1 is 1.35 bits per heavy atom. The van der Waals surface area contributed by atoms with E-state index in [9.17, 15) is 5.11 Å². The van der Waals surface area contributed by atoms with Crippen LogP contribution >= 0.6 is 11.6 Å². The Morgan fingerprint density at radius 2 is 2.12 bits per heavy atom. The molecule has 1 aromatic carbocycles. The molecule has 1 aliphatic rings. The van der Waals surface area contributed by atoms with Gasteiger partial charge >= 0.3 is 0 Å². The van der Waals surface area contributed by atoms with Gasteiger partial charge in [-0.05, 0) is 43.0 Å². The van der Waals surface area contributed by atoms with Crippen molar-refractivity contribution in [2.24, 2.45) is 0 Å². The van der Waals surface area contributed by atoms with Crippen molar-refractivity contribution in [2.75, 3.05) is 6.54 Å².